The molecule has 0 aliphatic heterocycles. The first kappa shape index (κ1) is 19.7. The Kier molecular flexibility index (Phi) is 6.46. The molecule has 0 spiro atoms. The van der Waals surface area contributed by atoms with E-state index < -0.39 is 0 Å². The van der Waals surface area contributed by atoms with E-state index in [1.165, 1.54) is 22.3 Å². The molecule has 0 radical (unpaired) electrons. The van der Waals surface area contributed by atoms with Gasteiger partial charge < -0.3 is 4.74 Å². The van der Waals surface area contributed by atoms with E-state index in [1.807, 2.05) is 0 Å². The fraction of sp³-hybridized carbons (Fsp3) is 0.500. The number of ether oxygens (including phenoxy) is 1. The van der Waals surface area contributed by atoms with E-state index in [1.54, 1.807) is 0 Å². The second-order valence-electron chi connectivity index (χ2n) is 8.59. The highest BCUT2D eigenvalue weighted by Gasteiger charge is 2.28. The minimum absolute atomic E-state index is 0.123. The molecule has 0 aliphatic carbocycles. The predicted octanol–water partition coefficient (Wildman–Crippen LogP) is 6.44. The van der Waals surface area contributed by atoms with Crippen molar-refractivity contribution in [3.63, 3.8) is 0 Å². The SMILES string of the molecule is Cc1ccc(CCC(C)(C)OC(C)(C)CCc2ccc(C)cc2)cc1. The summed E-state index contributed by atoms with van der Waals surface area (Å²) in [7, 11) is 0. The van der Waals surface area contributed by atoms with Gasteiger partial charge in [0.1, 0.15) is 0 Å². The van der Waals surface area contributed by atoms with Crippen molar-refractivity contribution in [1.82, 2.24) is 0 Å². The lowest BCUT2D eigenvalue weighted by Crippen LogP contribution is -2.37. The van der Waals surface area contributed by atoms with E-state index in [-0.39, 0.29) is 11.2 Å². The maximum Gasteiger partial charge on any atom is 0.0637 e. The molecule has 1 heteroatoms. The van der Waals surface area contributed by atoms with E-state index >= 15 is 0 Å². The summed E-state index contributed by atoms with van der Waals surface area (Å²) in [6.45, 7) is 13.1. The van der Waals surface area contributed by atoms with Crippen molar-refractivity contribution in [2.45, 2.75) is 78.4 Å². The van der Waals surface area contributed by atoms with Gasteiger partial charge in [0.25, 0.3) is 0 Å². The smallest absolute Gasteiger partial charge is 0.0637 e. The second kappa shape index (κ2) is 8.19. The summed E-state index contributed by atoms with van der Waals surface area (Å²) >= 11 is 0. The van der Waals surface area contributed by atoms with Gasteiger partial charge in [-0.3, -0.25) is 0 Å². The van der Waals surface area contributed by atoms with Crippen LogP contribution in [-0.4, -0.2) is 11.2 Å². The van der Waals surface area contributed by atoms with Crippen molar-refractivity contribution >= 4 is 0 Å². The van der Waals surface area contributed by atoms with Gasteiger partial charge in [0.2, 0.25) is 0 Å². The predicted molar refractivity (Wildman–Crippen MR) is 108 cm³/mol. The number of hydrogen-bond donors (Lipinski definition) is 0. The van der Waals surface area contributed by atoms with Gasteiger partial charge in [-0.15, -0.1) is 0 Å². The lowest BCUT2D eigenvalue weighted by atomic mass is 9.94. The van der Waals surface area contributed by atoms with Crippen LogP contribution >= 0.6 is 0 Å². The molecule has 0 aliphatic rings. The van der Waals surface area contributed by atoms with Crippen LogP contribution in [-0.2, 0) is 17.6 Å². The number of benzene rings is 2. The lowest BCUT2D eigenvalue weighted by Gasteiger charge is -2.36. The number of rotatable bonds is 8. The van der Waals surface area contributed by atoms with Crippen LogP contribution in [0, 0.1) is 13.8 Å². The summed E-state index contributed by atoms with van der Waals surface area (Å²) in [6, 6.07) is 17.7. The Labute approximate surface area is 154 Å². The Bertz CT molecular complexity index is 588. The molecule has 0 atom stereocenters. The highest BCUT2D eigenvalue weighted by molar-refractivity contribution is 5.22. The molecule has 0 fully saturated rings. The van der Waals surface area contributed by atoms with Gasteiger partial charge in [0.15, 0.2) is 0 Å². The van der Waals surface area contributed by atoms with Crippen molar-refractivity contribution in [3.05, 3.63) is 70.8 Å². The van der Waals surface area contributed by atoms with Gasteiger partial charge >= 0.3 is 0 Å². The van der Waals surface area contributed by atoms with E-state index in [0.29, 0.717) is 0 Å². The average molecular weight is 339 g/mol. The molecule has 0 amide bonds. The molecule has 0 heterocycles. The molecule has 2 aromatic carbocycles. The molecule has 2 rings (SSSR count). The molecule has 25 heavy (non-hydrogen) atoms. The maximum absolute atomic E-state index is 6.52. The Balaban J connectivity index is 1.85. The van der Waals surface area contributed by atoms with Gasteiger partial charge in [-0.25, -0.2) is 0 Å². The quantitative estimate of drug-likeness (QED) is 0.538. The maximum atomic E-state index is 6.52. The fourth-order valence-corrected chi connectivity index (χ4v) is 3.25. The summed E-state index contributed by atoms with van der Waals surface area (Å²) in [5.74, 6) is 0. The van der Waals surface area contributed by atoms with Crippen LogP contribution in [0.3, 0.4) is 0 Å². The second-order valence-corrected chi connectivity index (χ2v) is 8.59. The van der Waals surface area contributed by atoms with Gasteiger partial charge in [-0.1, -0.05) is 59.7 Å². The zero-order valence-electron chi connectivity index (χ0n) is 16.9. The zero-order valence-corrected chi connectivity index (χ0v) is 16.9. The molecule has 0 saturated heterocycles. The first-order chi connectivity index (χ1) is 11.7. The third-order valence-corrected chi connectivity index (χ3v) is 4.83. The van der Waals surface area contributed by atoms with Gasteiger partial charge in [-0.05, 0) is 78.4 Å². The largest absolute Gasteiger partial charge is 0.370 e. The topological polar surface area (TPSA) is 9.23 Å². The van der Waals surface area contributed by atoms with Crippen LogP contribution in [0.25, 0.3) is 0 Å². The lowest BCUT2D eigenvalue weighted by molar-refractivity contribution is -0.128. The molecule has 1 nitrogen and oxygen atoms in total. The third-order valence-electron chi connectivity index (χ3n) is 4.83. The summed E-state index contributed by atoms with van der Waals surface area (Å²) < 4.78 is 6.52. The van der Waals surface area contributed by atoms with Crippen LogP contribution in [0.5, 0.6) is 0 Å². The van der Waals surface area contributed by atoms with Crippen molar-refractivity contribution in [2.75, 3.05) is 0 Å². The van der Waals surface area contributed by atoms with E-state index in [0.717, 1.165) is 25.7 Å². The van der Waals surface area contributed by atoms with Crippen LogP contribution in [0.1, 0.15) is 62.8 Å². The van der Waals surface area contributed by atoms with Crippen LogP contribution in [0.2, 0.25) is 0 Å². The molecular formula is C24H34O. The van der Waals surface area contributed by atoms with E-state index in [2.05, 4.69) is 90.1 Å². The van der Waals surface area contributed by atoms with Crippen LogP contribution in [0.4, 0.5) is 0 Å². The molecule has 0 aromatic heterocycles. The van der Waals surface area contributed by atoms with Crippen LogP contribution < -0.4 is 0 Å². The Hall–Kier alpha value is -1.60. The number of hydrogen-bond acceptors (Lipinski definition) is 1. The van der Waals surface area contributed by atoms with Gasteiger partial charge in [-0.2, -0.15) is 0 Å². The molecule has 0 N–H and O–H groups in total. The normalized spacial score (nSPS) is 12.4. The molecule has 0 unspecified atom stereocenters. The highest BCUT2D eigenvalue weighted by Crippen LogP contribution is 2.28. The van der Waals surface area contributed by atoms with Crippen LogP contribution in [0.15, 0.2) is 48.5 Å². The highest BCUT2D eigenvalue weighted by atomic mass is 16.5. The minimum atomic E-state index is -0.123. The molecular weight excluding hydrogens is 304 g/mol. The van der Waals surface area contributed by atoms with Crippen molar-refractivity contribution in [2.24, 2.45) is 0 Å². The Morgan fingerprint density at radius 3 is 1.24 bits per heavy atom. The average Bonchev–Trinajstić information content (AvgIpc) is 2.53. The molecule has 0 bridgehead atoms. The fourth-order valence-electron chi connectivity index (χ4n) is 3.25. The summed E-state index contributed by atoms with van der Waals surface area (Å²) in [5.41, 5.74) is 5.16. The minimum Gasteiger partial charge on any atom is -0.370 e. The summed E-state index contributed by atoms with van der Waals surface area (Å²) in [6.07, 6.45) is 4.18. The summed E-state index contributed by atoms with van der Waals surface area (Å²) in [4.78, 5) is 0. The molecule has 0 saturated carbocycles. The molecule has 2 aromatic rings. The standard InChI is InChI=1S/C24H34O/c1-19-7-11-21(12-8-19)15-17-23(3,4)25-24(5,6)18-16-22-13-9-20(2)10-14-22/h7-14H,15-18H2,1-6H3. The third kappa shape index (κ3) is 7.04. The van der Waals surface area contributed by atoms with Crippen molar-refractivity contribution in [1.29, 1.82) is 0 Å². The van der Waals surface area contributed by atoms with Gasteiger partial charge in [0.05, 0.1) is 11.2 Å². The van der Waals surface area contributed by atoms with Crippen molar-refractivity contribution in [3.8, 4) is 0 Å². The Morgan fingerprint density at radius 2 is 0.920 bits per heavy atom. The van der Waals surface area contributed by atoms with Gasteiger partial charge in [0, 0.05) is 0 Å². The van der Waals surface area contributed by atoms with E-state index in [9.17, 15) is 0 Å². The Morgan fingerprint density at radius 1 is 0.600 bits per heavy atom. The van der Waals surface area contributed by atoms with Crippen molar-refractivity contribution < 1.29 is 4.74 Å². The first-order valence-electron chi connectivity index (χ1n) is 9.47. The zero-order chi connectivity index (χ0) is 18.5. The number of aryl methyl sites for hydroxylation is 4. The molecule has 136 valence electrons. The summed E-state index contributed by atoms with van der Waals surface area (Å²) in [5, 5.41) is 0. The van der Waals surface area contributed by atoms with E-state index in [4.69, 9.17) is 4.74 Å². The first-order valence-corrected chi connectivity index (χ1v) is 9.47. The monoisotopic (exact) mass is 338 g/mol.